The Hall–Kier alpha value is -1.89. The number of nitrogens with zero attached hydrogens (tertiary/aromatic N) is 3. The molecular weight excluding hydrogens is 264 g/mol. The number of rotatable bonds is 6. The molecule has 0 aromatic carbocycles. The lowest BCUT2D eigenvalue weighted by molar-refractivity contribution is -0.384. The van der Waals surface area contributed by atoms with E-state index in [4.69, 9.17) is 0 Å². The highest BCUT2D eigenvalue weighted by Gasteiger charge is 2.24. The molecule has 0 radical (unpaired) electrons. The quantitative estimate of drug-likeness (QED) is 0.652. The maximum atomic E-state index is 11.1. The van der Waals surface area contributed by atoms with E-state index in [1.165, 1.54) is 5.56 Å². The summed E-state index contributed by atoms with van der Waals surface area (Å²) in [6.45, 7) is 4.84. The normalized spacial score (nSPS) is 10.6. The monoisotopic (exact) mass is 280 g/mol. The summed E-state index contributed by atoms with van der Waals surface area (Å²) in [6, 6.07) is 2.06. The van der Waals surface area contributed by atoms with Crippen LogP contribution in [0.4, 0.5) is 11.5 Å². The van der Waals surface area contributed by atoms with Gasteiger partial charge in [0.2, 0.25) is 5.82 Å². The molecule has 0 aliphatic heterocycles. The average Bonchev–Trinajstić information content (AvgIpc) is 2.97. The fourth-order valence-electron chi connectivity index (χ4n) is 1.95. The third-order valence-electron chi connectivity index (χ3n) is 2.86. The van der Waals surface area contributed by atoms with Crippen LogP contribution in [0.3, 0.4) is 0 Å². The van der Waals surface area contributed by atoms with Crippen molar-refractivity contribution in [3.63, 3.8) is 0 Å². The molecular formula is C12H16N4O2S. The first kappa shape index (κ1) is 13.5. The van der Waals surface area contributed by atoms with Crippen LogP contribution in [0.15, 0.2) is 16.8 Å². The van der Waals surface area contributed by atoms with Gasteiger partial charge in [-0.3, -0.25) is 10.1 Å². The van der Waals surface area contributed by atoms with Crippen LogP contribution in [0.25, 0.3) is 0 Å². The Kier molecular flexibility index (Phi) is 4.16. The molecule has 0 aliphatic carbocycles. The number of aryl methyl sites for hydroxylation is 2. The van der Waals surface area contributed by atoms with Gasteiger partial charge in [-0.05, 0) is 42.7 Å². The Morgan fingerprint density at radius 1 is 1.58 bits per heavy atom. The summed E-state index contributed by atoms with van der Waals surface area (Å²) in [6.07, 6.45) is 0.842. The molecule has 7 heteroatoms. The van der Waals surface area contributed by atoms with Gasteiger partial charge in [-0.1, -0.05) is 0 Å². The average molecular weight is 280 g/mol. The number of aromatic nitrogens is 2. The van der Waals surface area contributed by atoms with Crippen molar-refractivity contribution in [2.45, 2.75) is 26.8 Å². The van der Waals surface area contributed by atoms with Crippen molar-refractivity contribution in [2.24, 2.45) is 0 Å². The number of thiophene rings is 1. The molecule has 0 aliphatic rings. The zero-order chi connectivity index (χ0) is 13.8. The van der Waals surface area contributed by atoms with Crippen LogP contribution in [0.5, 0.6) is 0 Å². The highest BCUT2D eigenvalue weighted by Crippen LogP contribution is 2.28. The predicted octanol–water partition coefficient (Wildman–Crippen LogP) is 2.84. The number of nitro groups is 1. The third kappa shape index (κ3) is 2.93. The summed E-state index contributed by atoms with van der Waals surface area (Å²) < 4.78 is 1.64. The van der Waals surface area contributed by atoms with Gasteiger partial charge in [0, 0.05) is 13.1 Å². The van der Waals surface area contributed by atoms with Crippen LogP contribution in [-0.4, -0.2) is 21.2 Å². The van der Waals surface area contributed by atoms with E-state index in [-0.39, 0.29) is 10.6 Å². The second-order valence-electron chi connectivity index (χ2n) is 4.16. The van der Waals surface area contributed by atoms with Crippen LogP contribution in [0.1, 0.15) is 18.2 Å². The molecule has 0 spiro atoms. The maximum Gasteiger partial charge on any atom is 0.333 e. The fraction of sp³-hybridized carbons (Fsp3) is 0.417. The van der Waals surface area contributed by atoms with E-state index in [9.17, 15) is 10.1 Å². The molecule has 0 unspecified atom stereocenters. The molecule has 2 heterocycles. The second kappa shape index (κ2) is 5.83. The molecule has 0 atom stereocenters. The molecule has 1 N–H and O–H groups in total. The van der Waals surface area contributed by atoms with Crippen LogP contribution in [0.2, 0.25) is 0 Å². The molecule has 0 amide bonds. The highest BCUT2D eigenvalue weighted by molar-refractivity contribution is 7.07. The van der Waals surface area contributed by atoms with Crippen LogP contribution in [-0.2, 0) is 13.0 Å². The minimum atomic E-state index is -0.374. The predicted molar refractivity (Wildman–Crippen MR) is 75.8 cm³/mol. The Balaban J connectivity index is 2.12. The minimum Gasteiger partial charge on any atom is -0.364 e. The molecule has 0 saturated carbocycles. The zero-order valence-electron chi connectivity index (χ0n) is 10.9. The van der Waals surface area contributed by atoms with Gasteiger partial charge in [-0.25, -0.2) is 4.68 Å². The van der Waals surface area contributed by atoms with Crippen LogP contribution >= 0.6 is 11.3 Å². The molecule has 6 nitrogen and oxygen atoms in total. The number of nitrogens with one attached hydrogen (secondary N) is 1. The van der Waals surface area contributed by atoms with E-state index in [1.54, 1.807) is 22.9 Å². The number of hydrogen-bond donors (Lipinski definition) is 1. The first-order valence-corrected chi connectivity index (χ1v) is 7.04. The topological polar surface area (TPSA) is 73.0 Å². The van der Waals surface area contributed by atoms with Crippen LogP contribution in [0, 0.1) is 17.0 Å². The summed E-state index contributed by atoms with van der Waals surface area (Å²) in [5, 5.41) is 22.5. The number of anilines is 1. The first-order valence-electron chi connectivity index (χ1n) is 6.10. The second-order valence-corrected chi connectivity index (χ2v) is 4.94. The highest BCUT2D eigenvalue weighted by atomic mass is 32.1. The lowest BCUT2D eigenvalue weighted by Crippen LogP contribution is -2.11. The van der Waals surface area contributed by atoms with E-state index in [0.29, 0.717) is 24.6 Å². The van der Waals surface area contributed by atoms with Crippen molar-refractivity contribution >= 4 is 22.8 Å². The van der Waals surface area contributed by atoms with Gasteiger partial charge in [0.1, 0.15) is 5.69 Å². The lowest BCUT2D eigenvalue weighted by Gasteiger charge is -2.06. The SMILES string of the molecule is CCn1nc(C)c([N+](=O)[O-])c1NCCc1ccsc1. The van der Waals surface area contributed by atoms with Crippen molar-refractivity contribution in [1.82, 2.24) is 9.78 Å². The first-order chi connectivity index (χ1) is 9.13. The minimum absolute atomic E-state index is 0.0761. The Labute approximate surface area is 115 Å². The molecule has 0 fully saturated rings. The van der Waals surface area contributed by atoms with E-state index in [0.717, 1.165) is 6.42 Å². The van der Waals surface area contributed by atoms with Crippen molar-refractivity contribution in [3.05, 3.63) is 38.2 Å². The summed E-state index contributed by atoms with van der Waals surface area (Å²) in [5.74, 6) is 0.500. The maximum absolute atomic E-state index is 11.1. The summed E-state index contributed by atoms with van der Waals surface area (Å²) >= 11 is 1.65. The molecule has 2 aromatic heterocycles. The van der Waals surface area contributed by atoms with Gasteiger partial charge < -0.3 is 5.32 Å². The zero-order valence-corrected chi connectivity index (χ0v) is 11.7. The van der Waals surface area contributed by atoms with Crippen molar-refractivity contribution in [3.8, 4) is 0 Å². The molecule has 19 heavy (non-hydrogen) atoms. The third-order valence-corrected chi connectivity index (χ3v) is 3.60. The summed E-state index contributed by atoms with van der Waals surface area (Å²) in [4.78, 5) is 10.7. The smallest absolute Gasteiger partial charge is 0.333 e. The Bertz CT molecular complexity index is 563. The van der Waals surface area contributed by atoms with Gasteiger partial charge in [0.25, 0.3) is 0 Å². The fourth-order valence-corrected chi connectivity index (χ4v) is 2.66. The summed E-state index contributed by atoms with van der Waals surface area (Å²) in [7, 11) is 0. The lowest BCUT2D eigenvalue weighted by atomic mass is 10.2. The van der Waals surface area contributed by atoms with E-state index >= 15 is 0 Å². The van der Waals surface area contributed by atoms with E-state index in [2.05, 4.69) is 21.9 Å². The van der Waals surface area contributed by atoms with Crippen molar-refractivity contribution < 1.29 is 4.92 Å². The van der Waals surface area contributed by atoms with Gasteiger partial charge >= 0.3 is 5.69 Å². The molecule has 2 rings (SSSR count). The van der Waals surface area contributed by atoms with Gasteiger partial charge in [0.15, 0.2) is 0 Å². The van der Waals surface area contributed by atoms with Crippen molar-refractivity contribution in [2.75, 3.05) is 11.9 Å². The largest absolute Gasteiger partial charge is 0.364 e. The molecule has 102 valence electrons. The molecule has 2 aromatic rings. The van der Waals surface area contributed by atoms with Gasteiger partial charge in [-0.2, -0.15) is 16.4 Å². The Morgan fingerprint density at radius 2 is 2.37 bits per heavy atom. The van der Waals surface area contributed by atoms with Gasteiger partial charge in [-0.15, -0.1) is 0 Å². The molecule has 0 saturated heterocycles. The Morgan fingerprint density at radius 3 is 2.95 bits per heavy atom. The summed E-state index contributed by atoms with van der Waals surface area (Å²) in [5.41, 5.74) is 1.76. The van der Waals surface area contributed by atoms with Crippen LogP contribution < -0.4 is 5.32 Å². The van der Waals surface area contributed by atoms with E-state index < -0.39 is 0 Å². The van der Waals surface area contributed by atoms with E-state index in [1.807, 2.05) is 12.3 Å². The van der Waals surface area contributed by atoms with Gasteiger partial charge in [0.05, 0.1) is 4.92 Å². The number of hydrogen-bond acceptors (Lipinski definition) is 5. The standard InChI is InChI=1S/C12H16N4O2S/c1-3-15-12(11(16(17)18)9(2)14-15)13-6-4-10-5-7-19-8-10/h5,7-8,13H,3-4,6H2,1-2H3. The molecule has 0 bridgehead atoms. The van der Waals surface area contributed by atoms with Crippen molar-refractivity contribution in [1.29, 1.82) is 0 Å².